The quantitative estimate of drug-likeness (QED) is 0.904. The Morgan fingerprint density at radius 1 is 1.33 bits per heavy atom. The third-order valence-corrected chi connectivity index (χ3v) is 4.65. The third-order valence-electron chi connectivity index (χ3n) is 2.75. The van der Waals surface area contributed by atoms with Crippen LogP contribution in [0.5, 0.6) is 5.75 Å². The number of nitrogens with two attached hydrogens (primary N) is 1. The van der Waals surface area contributed by atoms with Crippen molar-refractivity contribution in [1.29, 1.82) is 0 Å². The molecule has 96 valence electrons. The van der Waals surface area contributed by atoms with Crippen LogP contribution in [-0.4, -0.2) is 6.54 Å². The molecule has 0 aliphatic rings. The Morgan fingerprint density at radius 3 is 2.83 bits per heavy atom. The molecule has 0 unspecified atom stereocenters. The van der Waals surface area contributed by atoms with Gasteiger partial charge in [-0.25, -0.2) is 0 Å². The summed E-state index contributed by atoms with van der Waals surface area (Å²) < 4.78 is 7.08. The first kappa shape index (κ1) is 13.6. The summed E-state index contributed by atoms with van der Waals surface area (Å²) >= 11 is 5.22. The molecule has 0 spiro atoms. The second-order valence-corrected chi connectivity index (χ2v) is 5.94. The van der Waals surface area contributed by atoms with Gasteiger partial charge in [0.1, 0.15) is 12.4 Å². The van der Waals surface area contributed by atoms with E-state index in [0.717, 1.165) is 22.2 Å². The fourth-order valence-corrected chi connectivity index (χ4v) is 3.22. The maximum Gasteiger partial charge on any atom is 0.125 e. The molecule has 2 aromatic rings. The number of para-hydroxylation sites is 1. The average Bonchev–Trinajstić information content (AvgIpc) is 2.75. The molecule has 2 nitrogen and oxygen atoms in total. The van der Waals surface area contributed by atoms with E-state index in [1.165, 1.54) is 10.4 Å². The van der Waals surface area contributed by atoms with Crippen molar-refractivity contribution in [2.75, 3.05) is 6.54 Å². The Bertz CT molecular complexity index is 524. The topological polar surface area (TPSA) is 35.2 Å². The van der Waals surface area contributed by atoms with E-state index in [9.17, 15) is 0 Å². The number of rotatable bonds is 5. The largest absolute Gasteiger partial charge is 0.487 e. The van der Waals surface area contributed by atoms with Crippen molar-refractivity contribution >= 4 is 27.3 Å². The van der Waals surface area contributed by atoms with Crippen LogP contribution in [0.4, 0.5) is 0 Å². The number of hydrogen-bond acceptors (Lipinski definition) is 3. The first-order valence-electron chi connectivity index (χ1n) is 5.85. The molecule has 0 radical (unpaired) electrons. The van der Waals surface area contributed by atoms with E-state index in [2.05, 4.69) is 40.4 Å². The number of thiophene rings is 1. The minimum Gasteiger partial charge on any atom is -0.487 e. The molecule has 0 saturated heterocycles. The van der Waals surface area contributed by atoms with Crippen LogP contribution in [0.3, 0.4) is 0 Å². The van der Waals surface area contributed by atoms with Crippen molar-refractivity contribution in [3.8, 4) is 5.75 Å². The molecule has 1 heterocycles. The number of hydrogen-bond donors (Lipinski definition) is 1. The van der Waals surface area contributed by atoms with E-state index in [4.69, 9.17) is 10.5 Å². The lowest BCUT2D eigenvalue weighted by Crippen LogP contribution is -2.06. The molecule has 0 fully saturated rings. The summed E-state index contributed by atoms with van der Waals surface area (Å²) in [6.45, 7) is 3.31. The van der Waals surface area contributed by atoms with Crippen LogP contribution in [0, 0.1) is 6.92 Å². The Kier molecular flexibility index (Phi) is 4.80. The molecule has 18 heavy (non-hydrogen) atoms. The van der Waals surface area contributed by atoms with Gasteiger partial charge in [0, 0.05) is 4.47 Å². The molecule has 0 atom stereocenters. The zero-order chi connectivity index (χ0) is 13.0. The predicted octanol–water partition coefficient (Wildman–Crippen LogP) is 3.90. The van der Waals surface area contributed by atoms with Gasteiger partial charge in [-0.1, -0.05) is 18.2 Å². The maximum atomic E-state index is 5.97. The first-order chi connectivity index (χ1) is 8.72. The molecular formula is C14H16BrNOS. The minimum atomic E-state index is 0.598. The molecule has 4 heteroatoms. The zero-order valence-electron chi connectivity index (χ0n) is 10.3. The van der Waals surface area contributed by atoms with Gasteiger partial charge in [-0.3, -0.25) is 0 Å². The summed E-state index contributed by atoms with van der Waals surface area (Å²) in [4.78, 5) is 1.21. The fourth-order valence-electron chi connectivity index (χ4n) is 1.84. The highest BCUT2D eigenvalue weighted by Crippen LogP contribution is 2.28. The van der Waals surface area contributed by atoms with Gasteiger partial charge >= 0.3 is 0 Å². The number of halogens is 1. The van der Waals surface area contributed by atoms with Crippen LogP contribution in [0.15, 0.2) is 34.1 Å². The molecule has 1 aromatic carbocycles. The molecule has 0 bridgehead atoms. The van der Waals surface area contributed by atoms with Crippen LogP contribution < -0.4 is 10.5 Å². The Balaban J connectivity index is 2.15. The van der Waals surface area contributed by atoms with Crippen molar-refractivity contribution in [2.24, 2.45) is 5.73 Å². The molecule has 2 rings (SSSR count). The Labute approximate surface area is 120 Å². The summed E-state index contributed by atoms with van der Waals surface area (Å²) in [5.41, 5.74) is 7.98. The molecule has 0 aliphatic heterocycles. The van der Waals surface area contributed by atoms with Crippen LogP contribution >= 0.6 is 27.3 Å². The highest BCUT2D eigenvalue weighted by molar-refractivity contribution is 9.10. The monoisotopic (exact) mass is 325 g/mol. The Hall–Kier alpha value is -0.840. The lowest BCUT2D eigenvalue weighted by molar-refractivity contribution is 0.303. The van der Waals surface area contributed by atoms with Gasteiger partial charge in [0.2, 0.25) is 0 Å². The summed E-state index contributed by atoms with van der Waals surface area (Å²) in [5, 5.41) is 2.06. The van der Waals surface area contributed by atoms with Crippen molar-refractivity contribution in [2.45, 2.75) is 20.0 Å². The van der Waals surface area contributed by atoms with Crippen LogP contribution in [0.25, 0.3) is 0 Å². The molecular weight excluding hydrogens is 310 g/mol. The first-order valence-corrected chi connectivity index (χ1v) is 7.53. The second-order valence-electron chi connectivity index (χ2n) is 4.08. The van der Waals surface area contributed by atoms with E-state index in [-0.39, 0.29) is 0 Å². The van der Waals surface area contributed by atoms with Gasteiger partial charge < -0.3 is 10.5 Å². The number of aryl methyl sites for hydroxylation is 1. The fraction of sp³-hybridized carbons (Fsp3) is 0.286. The predicted molar refractivity (Wildman–Crippen MR) is 80.3 cm³/mol. The molecule has 2 N–H and O–H groups in total. The van der Waals surface area contributed by atoms with Crippen LogP contribution in [0.2, 0.25) is 0 Å². The summed E-state index contributed by atoms with van der Waals surface area (Å²) in [5.74, 6) is 0.975. The molecule has 0 aliphatic carbocycles. The summed E-state index contributed by atoms with van der Waals surface area (Å²) in [6.07, 6.45) is 0.850. The van der Waals surface area contributed by atoms with Crippen molar-refractivity contribution in [1.82, 2.24) is 0 Å². The van der Waals surface area contributed by atoms with Gasteiger partial charge in [-0.15, -0.1) is 11.3 Å². The van der Waals surface area contributed by atoms with Crippen molar-refractivity contribution in [3.05, 3.63) is 50.1 Å². The highest BCUT2D eigenvalue weighted by Gasteiger charge is 2.08. The second kappa shape index (κ2) is 6.36. The normalized spacial score (nSPS) is 10.6. The Morgan fingerprint density at radius 2 is 2.17 bits per heavy atom. The highest BCUT2D eigenvalue weighted by atomic mass is 79.9. The van der Waals surface area contributed by atoms with E-state index in [1.54, 1.807) is 11.3 Å². The average molecular weight is 326 g/mol. The van der Waals surface area contributed by atoms with Crippen molar-refractivity contribution in [3.63, 3.8) is 0 Å². The van der Waals surface area contributed by atoms with Crippen molar-refractivity contribution < 1.29 is 4.74 Å². The van der Waals surface area contributed by atoms with Gasteiger partial charge in [0.05, 0.1) is 4.88 Å². The van der Waals surface area contributed by atoms with Gasteiger partial charge in [0.25, 0.3) is 0 Å². The van der Waals surface area contributed by atoms with Gasteiger partial charge in [-0.05, 0) is 58.4 Å². The lowest BCUT2D eigenvalue weighted by Gasteiger charge is -2.13. The SMILES string of the molecule is Cc1cccc(CCN)c1OCc1sccc1Br. The lowest BCUT2D eigenvalue weighted by atomic mass is 10.1. The molecule has 0 saturated carbocycles. The van der Waals surface area contributed by atoms with E-state index >= 15 is 0 Å². The van der Waals surface area contributed by atoms with Crippen LogP contribution in [-0.2, 0) is 13.0 Å². The smallest absolute Gasteiger partial charge is 0.125 e. The maximum absolute atomic E-state index is 5.97. The van der Waals surface area contributed by atoms with E-state index in [0.29, 0.717) is 13.2 Å². The number of benzene rings is 1. The standard InChI is InChI=1S/C14H16BrNOS/c1-10-3-2-4-11(5-7-16)14(10)17-9-13-12(15)6-8-18-13/h2-4,6,8H,5,7,9,16H2,1H3. The third kappa shape index (κ3) is 3.13. The zero-order valence-corrected chi connectivity index (χ0v) is 12.7. The minimum absolute atomic E-state index is 0.598. The van der Waals surface area contributed by atoms with Gasteiger partial charge in [-0.2, -0.15) is 0 Å². The molecule has 1 aromatic heterocycles. The number of ether oxygens (including phenoxy) is 1. The van der Waals surface area contributed by atoms with Crippen LogP contribution in [0.1, 0.15) is 16.0 Å². The summed E-state index contributed by atoms with van der Waals surface area (Å²) in [7, 11) is 0. The van der Waals surface area contributed by atoms with Gasteiger partial charge in [0.15, 0.2) is 0 Å². The van der Waals surface area contributed by atoms with E-state index < -0.39 is 0 Å². The van der Waals surface area contributed by atoms with E-state index in [1.807, 2.05) is 12.1 Å². The summed E-state index contributed by atoms with van der Waals surface area (Å²) in [6, 6.07) is 8.24. The molecule has 0 amide bonds.